The predicted molar refractivity (Wildman–Crippen MR) is 111 cm³/mol. The molecule has 0 spiro atoms. The van der Waals surface area contributed by atoms with Crippen LogP contribution in [0.1, 0.15) is 39.8 Å². The van der Waals surface area contributed by atoms with Crippen LogP contribution in [0.4, 0.5) is 10.1 Å². The number of rotatable bonds is 5. The summed E-state index contributed by atoms with van der Waals surface area (Å²) in [5.74, 6) is -0.723. The maximum atomic E-state index is 14.0. The van der Waals surface area contributed by atoms with E-state index in [1.165, 1.54) is 29.7 Å². The highest BCUT2D eigenvalue weighted by molar-refractivity contribution is 7.12. The number of nitrogens with zero attached hydrogens (tertiary/aromatic N) is 2. The zero-order chi connectivity index (χ0) is 20.4. The SMILES string of the molecule is CCOC(=O)c1cnc2ccc(F)cc2c1N1CCC(C(=O)c2cccs2)CC1. The molecule has 4 rings (SSSR count). The zero-order valence-corrected chi connectivity index (χ0v) is 16.9. The maximum Gasteiger partial charge on any atom is 0.341 e. The standard InChI is InChI=1S/C22H21FN2O3S/c1-2-28-22(27)17-13-24-18-6-5-15(23)12-16(18)20(17)25-9-7-14(8-10-25)21(26)19-4-3-11-29-19/h3-6,11-14H,2,7-10H2,1H3. The summed E-state index contributed by atoms with van der Waals surface area (Å²) in [7, 11) is 0. The van der Waals surface area contributed by atoms with Crippen molar-refractivity contribution in [2.45, 2.75) is 19.8 Å². The van der Waals surface area contributed by atoms with Crippen molar-refractivity contribution in [3.8, 4) is 0 Å². The lowest BCUT2D eigenvalue weighted by Crippen LogP contribution is -2.37. The number of hydrogen-bond acceptors (Lipinski definition) is 6. The van der Waals surface area contributed by atoms with Crippen molar-refractivity contribution in [3.63, 3.8) is 0 Å². The number of ketones is 1. The van der Waals surface area contributed by atoms with Crippen LogP contribution in [-0.4, -0.2) is 36.4 Å². The van der Waals surface area contributed by atoms with Crippen LogP contribution >= 0.6 is 11.3 Å². The van der Waals surface area contributed by atoms with Gasteiger partial charge in [0.15, 0.2) is 5.78 Å². The Hall–Kier alpha value is -2.80. The van der Waals surface area contributed by atoms with Crippen molar-refractivity contribution in [2.75, 3.05) is 24.6 Å². The van der Waals surface area contributed by atoms with Crippen molar-refractivity contribution >= 4 is 39.7 Å². The highest BCUT2D eigenvalue weighted by Gasteiger charge is 2.29. The quantitative estimate of drug-likeness (QED) is 0.449. The van der Waals surface area contributed by atoms with Gasteiger partial charge in [-0.05, 0) is 49.4 Å². The van der Waals surface area contributed by atoms with Crippen molar-refractivity contribution in [1.29, 1.82) is 0 Å². The number of ether oxygens (including phenoxy) is 1. The smallest absolute Gasteiger partial charge is 0.341 e. The lowest BCUT2D eigenvalue weighted by molar-refractivity contribution is 0.0526. The van der Waals surface area contributed by atoms with Crippen molar-refractivity contribution in [2.24, 2.45) is 5.92 Å². The Labute approximate surface area is 172 Å². The third kappa shape index (κ3) is 3.87. The van der Waals surface area contributed by atoms with Gasteiger partial charge in [0.2, 0.25) is 0 Å². The number of thiophene rings is 1. The van der Waals surface area contributed by atoms with Crippen molar-refractivity contribution < 1.29 is 18.7 Å². The highest BCUT2D eigenvalue weighted by atomic mass is 32.1. The summed E-state index contributed by atoms with van der Waals surface area (Å²) in [5, 5.41) is 2.49. The molecule has 1 aliphatic rings. The number of fused-ring (bicyclic) bond motifs is 1. The molecule has 0 bridgehead atoms. The molecule has 3 aromatic rings. The topological polar surface area (TPSA) is 59.5 Å². The van der Waals surface area contributed by atoms with Gasteiger partial charge in [-0.1, -0.05) is 6.07 Å². The van der Waals surface area contributed by atoms with Gasteiger partial charge < -0.3 is 9.64 Å². The van der Waals surface area contributed by atoms with E-state index in [2.05, 4.69) is 4.98 Å². The fourth-order valence-corrected chi connectivity index (χ4v) is 4.58. The number of benzene rings is 1. The minimum absolute atomic E-state index is 0.0409. The van der Waals surface area contributed by atoms with Crippen LogP contribution in [-0.2, 0) is 4.74 Å². The van der Waals surface area contributed by atoms with Crippen LogP contribution in [0.3, 0.4) is 0 Å². The first-order valence-corrected chi connectivity index (χ1v) is 10.5. The van der Waals surface area contributed by atoms with E-state index >= 15 is 0 Å². The second-order valence-electron chi connectivity index (χ2n) is 7.01. The molecule has 1 saturated heterocycles. The van der Waals surface area contributed by atoms with Gasteiger partial charge >= 0.3 is 5.97 Å². The minimum Gasteiger partial charge on any atom is -0.462 e. The van der Waals surface area contributed by atoms with Gasteiger partial charge in [-0.25, -0.2) is 9.18 Å². The lowest BCUT2D eigenvalue weighted by atomic mass is 9.91. The van der Waals surface area contributed by atoms with Crippen molar-refractivity contribution in [1.82, 2.24) is 4.98 Å². The molecule has 0 atom stereocenters. The molecular formula is C22H21FN2O3S. The van der Waals surface area contributed by atoms with E-state index in [1.54, 1.807) is 13.0 Å². The van der Waals surface area contributed by atoms with E-state index in [-0.39, 0.29) is 24.1 Å². The molecule has 0 aliphatic carbocycles. The van der Waals surface area contributed by atoms with E-state index in [9.17, 15) is 14.0 Å². The molecule has 7 heteroatoms. The first-order valence-electron chi connectivity index (χ1n) is 9.66. The van der Waals surface area contributed by atoms with Crippen LogP contribution in [0, 0.1) is 11.7 Å². The molecular weight excluding hydrogens is 391 g/mol. The molecule has 5 nitrogen and oxygen atoms in total. The van der Waals surface area contributed by atoms with Crippen LogP contribution in [0.2, 0.25) is 0 Å². The third-order valence-corrected chi connectivity index (χ3v) is 6.13. The van der Waals surface area contributed by atoms with Gasteiger partial charge in [0.05, 0.1) is 22.7 Å². The number of Topliss-reactive ketones (excluding diaryl/α,β-unsaturated/α-hetero) is 1. The van der Waals surface area contributed by atoms with Gasteiger partial charge in [-0.15, -0.1) is 11.3 Å². The number of esters is 1. The summed E-state index contributed by atoms with van der Waals surface area (Å²) in [4.78, 5) is 32.4. The summed E-state index contributed by atoms with van der Waals surface area (Å²) in [6, 6.07) is 8.11. The Bertz CT molecular complexity index is 1040. The Morgan fingerprint density at radius 2 is 2.07 bits per heavy atom. The van der Waals surface area contributed by atoms with Gasteiger partial charge in [0, 0.05) is 30.6 Å². The number of halogens is 1. The van der Waals surface area contributed by atoms with Gasteiger partial charge in [-0.3, -0.25) is 9.78 Å². The number of pyridine rings is 1. The molecule has 150 valence electrons. The fraction of sp³-hybridized carbons (Fsp3) is 0.318. The molecule has 1 aliphatic heterocycles. The van der Waals surface area contributed by atoms with Gasteiger partial charge in [0.25, 0.3) is 0 Å². The zero-order valence-electron chi connectivity index (χ0n) is 16.1. The summed E-state index contributed by atoms with van der Waals surface area (Å²) in [6.07, 6.45) is 2.85. The summed E-state index contributed by atoms with van der Waals surface area (Å²) < 4.78 is 19.2. The molecule has 0 radical (unpaired) electrons. The van der Waals surface area contributed by atoms with E-state index in [0.29, 0.717) is 48.1 Å². The molecule has 1 aromatic carbocycles. The predicted octanol–water partition coefficient (Wildman–Crippen LogP) is 4.71. The summed E-state index contributed by atoms with van der Waals surface area (Å²) in [5.41, 5.74) is 1.58. The molecule has 0 unspecified atom stereocenters. The molecule has 0 amide bonds. The van der Waals surface area contributed by atoms with Crippen LogP contribution in [0.5, 0.6) is 0 Å². The fourth-order valence-electron chi connectivity index (χ4n) is 3.83. The first kappa shape index (κ1) is 19.5. The number of carbonyl (C=O) groups excluding carboxylic acids is 2. The normalized spacial score (nSPS) is 14.9. The average molecular weight is 412 g/mol. The number of aromatic nitrogens is 1. The molecule has 0 N–H and O–H groups in total. The molecule has 1 fully saturated rings. The second kappa shape index (κ2) is 8.29. The molecule has 0 saturated carbocycles. The number of piperidine rings is 1. The van der Waals surface area contributed by atoms with Gasteiger partial charge in [0.1, 0.15) is 11.4 Å². The van der Waals surface area contributed by atoms with Crippen LogP contribution in [0.25, 0.3) is 10.9 Å². The first-order chi connectivity index (χ1) is 14.1. The Balaban J connectivity index is 1.66. The summed E-state index contributed by atoms with van der Waals surface area (Å²) >= 11 is 1.46. The minimum atomic E-state index is -0.474. The number of hydrogen-bond donors (Lipinski definition) is 0. The van der Waals surface area contributed by atoms with Crippen molar-refractivity contribution in [3.05, 3.63) is 58.2 Å². The van der Waals surface area contributed by atoms with E-state index < -0.39 is 5.97 Å². The average Bonchev–Trinajstić information content (AvgIpc) is 3.27. The monoisotopic (exact) mass is 412 g/mol. The molecule has 2 aromatic heterocycles. The maximum absolute atomic E-state index is 14.0. The van der Waals surface area contributed by atoms with Crippen LogP contribution in [0.15, 0.2) is 41.9 Å². The Morgan fingerprint density at radius 3 is 2.76 bits per heavy atom. The van der Waals surface area contributed by atoms with Gasteiger partial charge in [-0.2, -0.15) is 0 Å². The molecule has 3 heterocycles. The Morgan fingerprint density at radius 1 is 1.28 bits per heavy atom. The van der Waals surface area contributed by atoms with E-state index in [1.807, 2.05) is 22.4 Å². The van der Waals surface area contributed by atoms with Crippen LogP contribution < -0.4 is 4.90 Å². The Kier molecular flexibility index (Phi) is 5.58. The lowest BCUT2D eigenvalue weighted by Gasteiger charge is -2.34. The third-order valence-electron chi connectivity index (χ3n) is 5.24. The largest absolute Gasteiger partial charge is 0.462 e. The molecule has 29 heavy (non-hydrogen) atoms. The van der Waals surface area contributed by atoms with E-state index in [0.717, 1.165) is 4.88 Å². The second-order valence-corrected chi connectivity index (χ2v) is 7.95. The number of carbonyl (C=O) groups is 2. The highest BCUT2D eigenvalue weighted by Crippen LogP contribution is 2.34. The summed E-state index contributed by atoms with van der Waals surface area (Å²) in [6.45, 7) is 3.19. The number of anilines is 1. The van der Waals surface area contributed by atoms with E-state index in [4.69, 9.17) is 4.74 Å².